The lowest BCUT2D eigenvalue weighted by molar-refractivity contribution is -0.124. The number of imide groups is 2. The van der Waals surface area contributed by atoms with Gasteiger partial charge in [-0.3, -0.25) is 29.0 Å². The minimum absolute atomic E-state index is 0.151. The van der Waals surface area contributed by atoms with Crippen LogP contribution in [0.2, 0.25) is 0 Å². The van der Waals surface area contributed by atoms with Crippen LogP contribution in [0.4, 0.5) is 11.4 Å². The molecule has 4 amide bonds. The smallest absolute Gasteiger partial charge is 0.239 e. The van der Waals surface area contributed by atoms with E-state index in [1.165, 1.54) is 9.80 Å². The summed E-state index contributed by atoms with van der Waals surface area (Å²) in [6.45, 7) is 0. The molecule has 3 aliphatic heterocycles. The van der Waals surface area contributed by atoms with E-state index in [0.29, 0.717) is 24.2 Å². The van der Waals surface area contributed by atoms with Crippen molar-refractivity contribution in [3.05, 3.63) is 82.6 Å². The highest BCUT2D eigenvalue weighted by molar-refractivity contribution is 8.12. The summed E-state index contributed by atoms with van der Waals surface area (Å²) < 4.78 is 0. The van der Waals surface area contributed by atoms with E-state index in [-0.39, 0.29) is 34.1 Å². The second-order valence-corrected chi connectivity index (χ2v) is 12.2. The van der Waals surface area contributed by atoms with E-state index >= 15 is 0 Å². The quantitative estimate of drug-likeness (QED) is 0.554. The van der Waals surface area contributed by atoms with Gasteiger partial charge in [-0.25, -0.2) is 0 Å². The first-order chi connectivity index (χ1) is 17.5. The Morgan fingerprint density at radius 1 is 0.583 bits per heavy atom. The fourth-order valence-electron chi connectivity index (χ4n) is 6.21. The van der Waals surface area contributed by atoms with Crippen molar-refractivity contribution in [3.8, 4) is 0 Å². The minimum Gasteiger partial charge on any atom is -0.274 e. The van der Waals surface area contributed by atoms with Gasteiger partial charge in [0.1, 0.15) is 0 Å². The minimum atomic E-state index is -0.463. The summed E-state index contributed by atoms with van der Waals surface area (Å²) in [7, 11) is 0. The van der Waals surface area contributed by atoms with E-state index in [1.807, 2.05) is 36.4 Å². The number of carbonyl (C=O) groups is 4. The van der Waals surface area contributed by atoms with E-state index in [1.54, 1.807) is 47.8 Å². The maximum atomic E-state index is 13.7. The Kier molecular flexibility index (Phi) is 5.05. The molecular formula is C28H22N2O4S2. The molecular weight excluding hydrogens is 492 g/mol. The standard InChI is InChI=1S/C28H22N2O4S2/c31-25-17-11-13-19-23(21(17)27(33)29(25)15-7-3-1-4-8-15)36-24-20(35-19)14-12-18-22(24)28(34)30(26(18)32)16-9-5-2-6-10-16/h1-10,13-14,17-18,21-24H,11-12H2/t17-,18?,21-,22?,23+,24?/m0/s1. The molecule has 3 heterocycles. The van der Waals surface area contributed by atoms with Crippen LogP contribution in [0.5, 0.6) is 0 Å². The Morgan fingerprint density at radius 2 is 1.00 bits per heavy atom. The van der Waals surface area contributed by atoms with Crippen molar-refractivity contribution in [2.24, 2.45) is 23.7 Å². The van der Waals surface area contributed by atoms with Crippen molar-refractivity contribution < 1.29 is 19.2 Å². The number of hydrogen-bond donors (Lipinski definition) is 0. The van der Waals surface area contributed by atoms with Crippen molar-refractivity contribution in [1.82, 2.24) is 0 Å². The first-order valence-electron chi connectivity index (χ1n) is 12.1. The predicted molar refractivity (Wildman–Crippen MR) is 140 cm³/mol. The molecule has 2 aromatic carbocycles. The van der Waals surface area contributed by atoms with E-state index in [2.05, 4.69) is 12.2 Å². The van der Waals surface area contributed by atoms with Crippen molar-refractivity contribution in [2.45, 2.75) is 23.3 Å². The van der Waals surface area contributed by atoms with Gasteiger partial charge in [-0.2, -0.15) is 0 Å². The average Bonchev–Trinajstić information content (AvgIpc) is 3.32. The number of fused-ring (bicyclic) bond motifs is 6. The summed E-state index contributed by atoms with van der Waals surface area (Å²) in [6.07, 6.45) is 5.29. The van der Waals surface area contributed by atoms with Gasteiger partial charge in [0, 0.05) is 10.5 Å². The monoisotopic (exact) mass is 514 g/mol. The van der Waals surface area contributed by atoms with Gasteiger partial charge in [0.05, 0.1) is 35.0 Å². The Labute approximate surface area is 216 Å². The molecule has 2 aliphatic carbocycles. The third-order valence-corrected chi connectivity index (χ3v) is 11.2. The molecule has 0 saturated carbocycles. The second-order valence-electron chi connectivity index (χ2n) is 9.72. The molecule has 7 rings (SSSR count). The van der Waals surface area contributed by atoms with Gasteiger partial charge in [0.2, 0.25) is 23.6 Å². The number of carbonyl (C=O) groups excluding carboxylic acids is 4. The van der Waals surface area contributed by atoms with E-state index in [9.17, 15) is 19.2 Å². The van der Waals surface area contributed by atoms with Crippen LogP contribution in [0.15, 0.2) is 82.6 Å². The van der Waals surface area contributed by atoms with Gasteiger partial charge in [0.25, 0.3) is 0 Å². The van der Waals surface area contributed by atoms with Crippen LogP contribution in [-0.2, 0) is 19.2 Å². The number of benzene rings is 2. The summed E-state index contributed by atoms with van der Waals surface area (Å²) in [5.74, 6) is -2.36. The number of hydrogen-bond acceptors (Lipinski definition) is 6. The van der Waals surface area contributed by atoms with Gasteiger partial charge >= 0.3 is 0 Å². The first kappa shape index (κ1) is 22.1. The van der Waals surface area contributed by atoms with Gasteiger partial charge in [-0.1, -0.05) is 60.3 Å². The van der Waals surface area contributed by atoms with Crippen molar-refractivity contribution >= 4 is 58.5 Å². The largest absolute Gasteiger partial charge is 0.274 e. The van der Waals surface area contributed by atoms with Crippen LogP contribution in [0.1, 0.15) is 12.8 Å². The fraction of sp³-hybridized carbons (Fsp3) is 0.286. The molecule has 0 aromatic heterocycles. The number of rotatable bonds is 2. The normalized spacial score (nSPS) is 33.0. The number of allylic oxidation sites excluding steroid dienone is 2. The van der Waals surface area contributed by atoms with Gasteiger partial charge < -0.3 is 0 Å². The van der Waals surface area contributed by atoms with Gasteiger partial charge in [-0.15, -0.1) is 11.8 Å². The Morgan fingerprint density at radius 3 is 1.42 bits per heavy atom. The highest BCUT2D eigenvalue weighted by Crippen LogP contribution is 2.60. The van der Waals surface area contributed by atoms with E-state index < -0.39 is 23.7 Å². The number of thioether (sulfide) groups is 2. The number of anilines is 2. The molecule has 36 heavy (non-hydrogen) atoms. The molecule has 6 atom stereocenters. The zero-order chi connectivity index (χ0) is 24.6. The summed E-state index contributed by atoms with van der Waals surface area (Å²) in [4.78, 5) is 58.8. The van der Waals surface area contributed by atoms with Crippen LogP contribution in [-0.4, -0.2) is 34.1 Å². The molecule has 0 N–H and O–H groups in total. The molecule has 3 fully saturated rings. The number of amides is 4. The van der Waals surface area contributed by atoms with Crippen molar-refractivity contribution in [1.29, 1.82) is 0 Å². The summed E-state index contributed by atoms with van der Waals surface area (Å²) in [5.41, 5.74) is 1.20. The number of para-hydroxylation sites is 2. The van der Waals surface area contributed by atoms with Gasteiger partial charge in [-0.05, 0) is 46.9 Å². The molecule has 0 radical (unpaired) electrons. The van der Waals surface area contributed by atoms with Crippen molar-refractivity contribution in [2.75, 3.05) is 9.80 Å². The molecule has 3 saturated heterocycles. The lowest BCUT2D eigenvalue weighted by Crippen LogP contribution is -2.42. The highest BCUT2D eigenvalue weighted by atomic mass is 32.2. The zero-order valence-corrected chi connectivity index (χ0v) is 20.8. The van der Waals surface area contributed by atoms with Crippen LogP contribution in [0.25, 0.3) is 0 Å². The SMILES string of the molecule is O=C1C2CC=C3SC4=CC[C@@H]5C(=O)N(c6ccccc6)C(=O)[C@@H]5[C@@H]4SC3C2C(=O)N1c1ccccc1. The highest BCUT2D eigenvalue weighted by Gasteiger charge is 2.59. The Bertz CT molecular complexity index is 1270. The van der Waals surface area contributed by atoms with E-state index in [0.717, 1.165) is 9.81 Å². The maximum absolute atomic E-state index is 13.7. The Hall–Kier alpha value is -3.10. The van der Waals surface area contributed by atoms with Gasteiger partial charge in [0.15, 0.2) is 0 Å². The first-order valence-corrected chi connectivity index (χ1v) is 13.9. The van der Waals surface area contributed by atoms with Crippen LogP contribution in [0, 0.1) is 23.7 Å². The Balaban J connectivity index is 1.22. The molecule has 0 bridgehead atoms. The molecule has 6 nitrogen and oxygen atoms in total. The molecule has 0 spiro atoms. The van der Waals surface area contributed by atoms with Crippen molar-refractivity contribution in [3.63, 3.8) is 0 Å². The molecule has 8 heteroatoms. The molecule has 5 aliphatic rings. The lowest BCUT2D eigenvalue weighted by atomic mass is 9.83. The van der Waals surface area contributed by atoms with E-state index in [4.69, 9.17) is 0 Å². The topological polar surface area (TPSA) is 74.8 Å². The average molecular weight is 515 g/mol. The van der Waals surface area contributed by atoms with Crippen LogP contribution < -0.4 is 9.80 Å². The summed E-state index contributed by atoms with van der Waals surface area (Å²) >= 11 is 3.24. The molecule has 180 valence electrons. The second kappa shape index (κ2) is 8.21. The van der Waals surface area contributed by atoms with Crippen LogP contribution >= 0.6 is 23.5 Å². The predicted octanol–water partition coefficient (Wildman–Crippen LogP) is 4.39. The lowest BCUT2D eigenvalue weighted by Gasteiger charge is -2.42. The fourth-order valence-corrected chi connectivity index (χ4v) is 9.71. The summed E-state index contributed by atoms with van der Waals surface area (Å²) in [5, 5.41) is -0.401. The third kappa shape index (κ3) is 3.07. The number of nitrogens with zero attached hydrogens (tertiary/aromatic N) is 2. The van der Waals surface area contributed by atoms with Crippen LogP contribution in [0.3, 0.4) is 0 Å². The summed E-state index contributed by atoms with van der Waals surface area (Å²) in [6, 6.07) is 18.2. The maximum Gasteiger partial charge on any atom is 0.239 e. The third-order valence-electron chi connectivity index (χ3n) is 7.87. The zero-order valence-electron chi connectivity index (χ0n) is 19.2. The molecule has 2 aromatic rings. The molecule has 3 unspecified atom stereocenters.